The van der Waals surface area contributed by atoms with Gasteiger partial charge in [-0.25, -0.2) is 4.79 Å². The number of hydrogen-bond donors (Lipinski definition) is 1. The number of hydrogen-bond acceptors (Lipinski definition) is 3. The number of aryl methyl sites for hydroxylation is 1. The predicted molar refractivity (Wildman–Crippen MR) is 132 cm³/mol. The fraction of sp³-hybridized carbons (Fsp3) is 0.750. The molecule has 1 aliphatic rings. The van der Waals surface area contributed by atoms with E-state index in [1.54, 1.807) is 6.92 Å². The maximum Gasteiger partial charge on any atom is 0.344 e. The highest BCUT2D eigenvalue weighted by atomic mass is 16.5. The molecule has 2 unspecified atom stereocenters. The molecule has 1 aliphatic heterocycles. The van der Waals surface area contributed by atoms with Crippen molar-refractivity contribution in [1.82, 2.24) is 0 Å². The van der Waals surface area contributed by atoms with E-state index in [9.17, 15) is 4.79 Å². The lowest BCUT2D eigenvalue weighted by Crippen LogP contribution is -2.26. The number of fused-ring (bicyclic) bond motifs is 1. The van der Waals surface area contributed by atoms with Gasteiger partial charge in [0.2, 0.25) is 0 Å². The quantitative estimate of drug-likeness (QED) is 0.279. The van der Waals surface area contributed by atoms with Gasteiger partial charge in [-0.1, -0.05) is 71.6 Å². The van der Waals surface area contributed by atoms with Crippen molar-refractivity contribution < 1.29 is 19.4 Å². The standard InChI is InChI=1S/C28H46O4/c1-6-7-14-20(2)15-12-10-8-9-11-13-16-24-17-18-25-22(4)27(31-23(5)28(29)30)21(3)19-26(25)32-24/h19-20,23-24H,6-18H2,1-5H3,(H,29,30)/t20?,23?,24-/m1/s1. The fourth-order valence-electron chi connectivity index (χ4n) is 4.81. The molecule has 182 valence electrons. The average Bonchev–Trinajstić information content (AvgIpc) is 2.76. The molecule has 0 saturated heterocycles. The molecule has 0 spiro atoms. The van der Waals surface area contributed by atoms with Crippen LogP contribution in [0.15, 0.2) is 6.07 Å². The molecule has 2 rings (SSSR count). The van der Waals surface area contributed by atoms with E-state index in [4.69, 9.17) is 14.6 Å². The number of aliphatic carboxylic acids is 1. The molecule has 0 aliphatic carbocycles. The van der Waals surface area contributed by atoms with E-state index < -0.39 is 12.1 Å². The third-order valence-corrected chi connectivity index (χ3v) is 6.97. The van der Waals surface area contributed by atoms with Gasteiger partial charge in [0, 0.05) is 5.56 Å². The van der Waals surface area contributed by atoms with Gasteiger partial charge in [0.15, 0.2) is 6.10 Å². The number of ether oxygens (including phenoxy) is 2. The molecule has 1 N–H and O–H groups in total. The molecule has 0 saturated carbocycles. The molecule has 4 nitrogen and oxygen atoms in total. The van der Waals surface area contributed by atoms with Crippen LogP contribution in [0.3, 0.4) is 0 Å². The molecule has 3 atom stereocenters. The molecular weight excluding hydrogens is 400 g/mol. The van der Waals surface area contributed by atoms with E-state index in [0.29, 0.717) is 11.9 Å². The summed E-state index contributed by atoms with van der Waals surface area (Å²) in [7, 11) is 0. The molecule has 0 radical (unpaired) electrons. The van der Waals surface area contributed by atoms with Gasteiger partial charge in [0.05, 0.1) is 6.10 Å². The van der Waals surface area contributed by atoms with Crippen LogP contribution < -0.4 is 9.47 Å². The van der Waals surface area contributed by atoms with Crippen molar-refractivity contribution in [2.45, 2.75) is 130 Å². The van der Waals surface area contributed by atoms with Crippen molar-refractivity contribution in [2.75, 3.05) is 0 Å². The molecular formula is C28H46O4. The number of carbonyl (C=O) groups is 1. The first kappa shape index (κ1) is 26.5. The van der Waals surface area contributed by atoms with Crippen molar-refractivity contribution in [1.29, 1.82) is 0 Å². The number of carboxylic acid groups (broad SMARTS) is 1. The lowest BCUT2D eigenvalue weighted by Gasteiger charge is -2.29. The summed E-state index contributed by atoms with van der Waals surface area (Å²) in [6.45, 7) is 10.2. The van der Waals surface area contributed by atoms with E-state index in [2.05, 4.69) is 13.8 Å². The first-order valence-electron chi connectivity index (χ1n) is 13.0. The van der Waals surface area contributed by atoms with Crippen LogP contribution in [0, 0.1) is 19.8 Å². The van der Waals surface area contributed by atoms with Gasteiger partial charge in [-0.3, -0.25) is 0 Å². The van der Waals surface area contributed by atoms with Crippen LogP contribution in [0.1, 0.15) is 115 Å². The van der Waals surface area contributed by atoms with Crippen LogP contribution in [0.5, 0.6) is 11.5 Å². The second-order valence-corrected chi connectivity index (χ2v) is 9.95. The largest absolute Gasteiger partial charge is 0.490 e. The van der Waals surface area contributed by atoms with Crippen LogP contribution in [0.4, 0.5) is 0 Å². The minimum absolute atomic E-state index is 0.297. The summed E-state index contributed by atoms with van der Waals surface area (Å²) in [4.78, 5) is 11.2. The minimum atomic E-state index is -0.945. The Morgan fingerprint density at radius 2 is 1.75 bits per heavy atom. The second kappa shape index (κ2) is 13.7. The molecule has 0 fully saturated rings. The lowest BCUT2D eigenvalue weighted by atomic mass is 9.93. The van der Waals surface area contributed by atoms with Crippen molar-refractivity contribution in [2.24, 2.45) is 5.92 Å². The van der Waals surface area contributed by atoms with Gasteiger partial charge >= 0.3 is 5.97 Å². The minimum Gasteiger partial charge on any atom is -0.490 e. The maximum atomic E-state index is 11.2. The monoisotopic (exact) mass is 446 g/mol. The van der Waals surface area contributed by atoms with Crippen molar-refractivity contribution >= 4 is 5.97 Å². The molecule has 4 heteroatoms. The molecule has 1 heterocycles. The highest BCUT2D eigenvalue weighted by molar-refractivity contribution is 5.72. The van der Waals surface area contributed by atoms with E-state index in [0.717, 1.165) is 42.1 Å². The Morgan fingerprint density at radius 1 is 1.09 bits per heavy atom. The van der Waals surface area contributed by atoms with Gasteiger partial charge in [-0.05, 0) is 69.6 Å². The SMILES string of the molecule is CCCCC(C)CCCCCCCC[C@@H]1CCc2c(cc(C)c(OC(C)C(=O)O)c2C)O1. The van der Waals surface area contributed by atoms with E-state index in [1.807, 2.05) is 19.9 Å². The second-order valence-electron chi connectivity index (χ2n) is 9.95. The first-order valence-corrected chi connectivity index (χ1v) is 13.0. The zero-order valence-electron chi connectivity index (χ0n) is 21.2. The zero-order chi connectivity index (χ0) is 23.5. The van der Waals surface area contributed by atoms with Crippen molar-refractivity contribution in [3.05, 3.63) is 22.8 Å². The van der Waals surface area contributed by atoms with Crippen molar-refractivity contribution in [3.63, 3.8) is 0 Å². The highest BCUT2D eigenvalue weighted by Crippen LogP contribution is 2.39. The van der Waals surface area contributed by atoms with Crippen LogP contribution >= 0.6 is 0 Å². The summed E-state index contributed by atoms with van der Waals surface area (Å²) in [5.74, 6) is 1.61. The molecule has 0 amide bonds. The number of carboxylic acids is 1. The summed E-state index contributed by atoms with van der Waals surface area (Å²) in [5.41, 5.74) is 3.14. The van der Waals surface area contributed by atoms with Crippen LogP contribution in [0.2, 0.25) is 0 Å². The Hall–Kier alpha value is -1.71. The molecule has 0 bridgehead atoms. The molecule has 32 heavy (non-hydrogen) atoms. The van der Waals surface area contributed by atoms with Gasteiger partial charge in [0.25, 0.3) is 0 Å². The zero-order valence-corrected chi connectivity index (χ0v) is 21.2. The molecule has 0 aromatic heterocycles. The molecule has 1 aromatic rings. The average molecular weight is 447 g/mol. The summed E-state index contributed by atoms with van der Waals surface area (Å²) in [5, 5.41) is 9.16. The predicted octanol–water partition coefficient (Wildman–Crippen LogP) is 7.80. The normalized spacial score (nSPS) is 17.3. The number of rotatable bonds is 15. The Morgan fingerprint density at radius 3 is 2.44 bits per heavy atom. The molecule has 1 aromatic carbocycles. The van der Waals surface area contributed by atoms with E-state index in [-0.39, 0.29) is 0 Å². The van der Waals surface area contributed by atoms with Gasteiger partial charge in [-0.2, -0.15) is 0 Å². The van der Waals surface area contributed by atoms with Gasteiger partial charge in [0.1, 0.15) is 11.5 Å². The maximum absolute atomic E-state index is 11.2. The summed E-state index contributed by atoms with van der Waals surface area (Å²) in [6, 6.07) is 2.03. The first-order chi connectivity index (χ1) is 15.3. The fourth-order valence-corrected chi connectivity index (χ4v) is 4.81. The third kappa shape index (κ3) is 8.33. The summed E-state index contributed by atoms with van der Waals surface area (Å²) < 4.78 is 12.1. The summed E-state index contributed by atoms with van der Waals surface area (Å²) >= 11 is 0. The Kier molecular flexibility index (Phi) is 11.4. The van der Waals surface area contributed by atoms with Gasteiger partial charge < -0.3 is 14.6 Å². The van der Waals surface area contributed by atoms with Crippen LogP contribution in [-0.4, -0.2) is 23.3 Å². The number of unbranched alkanes of at least 4 members (excludes halogenated alkanes) is 6. The Balaban J connectivity index is 1.69. The highest BCUT2D eigenvalue weighted by Gasteiger charge is 2.25. The van der Waals surface area contributed by atoms with Crippen molar-refractivity contribution in [3.8, 4) is 11.5 Å². The smallest absolute Gasteiger partial charge is 0.344 e. The van der Waals surface area contributed by atoms with E-state index >= 15 is 0 Å². The Bertz CT molecular complexity index is 712. The van der Waals surface area contributed by atoms with Crippen LogP contribution in [0.25, 0.3) is 0 Å². The van der Waals surface area contributed by atoms with Crippen LogP contribution in [-0.2, 0) is 11.2 Å². The number of benzene rings is 1. The van der Waals surface area contributed by atoms with Gasteiger partial charge in [-0.15, -0.1) is 0 Å². The third-order valence-electron chi connectivity index (χ3n) is 6.97. The Labute approximate surface area is 196 Å². The topological polar surface area (TPSA) is 55.8 Å². The summed E-state index contributed by atoms with van der Waals surface area (Å²) in [6.07, 6.45) is 16.1. The van der Waals surface area contributed by atoms with E-state index in [1.165, 1.54) is 69.8 Å². The lowest BCUT2D eigenvalue weighted by molar-refractivity contribution is -0.144.